The van der Waals surface area contributed by atoms with Crippen LogP contribution >= 0.6 is 15.9 Å². The van der Waals surface area contributed by atoms with E-state index >= 15 is 0 Å². The average Bonchev–Trinajstić information content (AvgIpc) is 2.49. The molecule has 6 heteroatoms. The highest BCUT2D eigenvalue weighted by atomic mass is 79.9. The summed E-state index contributed by atoms with van der Waals surface area (Å²) in [6.07, 6.45) is 2.38. The van der Waals surface area contributed by atoms with Crippen LogP contribution in [0.15, 0.2) is 41.0 Å². The van der Waals surface area contributed by atoms with Gasteiger partial charge in [-0.25, -0.2) is 4.79 Å². The molecule has 0 fully saturated rings. The highest BCUT2D eigenvalue weighted by molar-refractivity contribution is 9.10. The van der Waals surface area contributed by atoms with Gasteiger partial charge >= 0.3 is 5.97 Å². The summed E-state index contributed by atoms with van der Waals surface area (Å²) in [6, 6.07) is 8.61. The number of hydrogen-bond acceptors (Lipinski definition) is 4. The van der Waals surface area contributed by atoms with E-state index in [1.54, 1.807) is 6.20 Å². The third kappa shape index (κ3) is 3.95. The molecule has 0 aliphatic heterocycles. The van der Waals surface area contributed by atoms with Gasteiger partial charge in [-0.1, -0.05) is 6.07 Å². The summed E-state index contributed by atoms with van der Waals surface area (Å²) in [6.45, 7) is 0.415. The summed E-state index contributed by atoms with van der Waals surface area (Å²) >= 11 is 3.31. The fourth-order valence-corrected chi connectivity index (χ4v) is 2.34. The van der Waals surface area contributed by atoms with Crippen molar-refractivity contribution in [1.82, 2.24) is 4.98 Å². The molecule has 21 heavy (non-hydrogen) atoms. The number of nitrogens with zero attached hydrogens (tertiary/aromatic N) is 1. The summed E-state index contributed by atoms with van der Waals surface area (Å²) in [7, 11) is 1.47. The molecule has 2 rings (SSSR count). The molecule has 1 aromatic carbocycles. The summed E-state index contributed by atoms with van der Waals surface area (Å²) in [5, 5.41) is 9.02. The van der Waals surface area contributed by atoms with Gasteiger partial charge in [-0.05, 0) is 40.2 Å². The van der Waals surface area contributed by atoms with Crippen LogP contribution in [0.5, 0.6) is 11.5 Å². The zero-order valence-electron chi connectivity index (χ0n) is 11.4. The minimum atomic E-state index is -1.02. The van der Waals surface area contributed by atoms with Crippen molar-refractivity contribution >= 4 is 21.9 Å². The lowest BCUT2D eigenvalue weighted by molar-refractivity contribution is 0.0696. The van der Waals surface area contributed by atoms with Crippen molar-refractivity contribution in [2.75, 3.05) is 13.7 Å². The standard InChI is InChI=1S/C15H14BrNO4/c1-20-13-9-10(15(18)19)8-12(16)14(13)21-7-5-11-4-2-3-6-17-11/h2-4,6,8-9H,5,7H2,1H3,(H,18,19). The fraction of sp³-hybridized carbons (Fsp3) is 0.200. The van der Waals surface area contributed by atoms with Gasteiger partial charge in [-0.15, -0.1) is 0 Å². The Balaban J connectivity index is 2.10. The molecule has 0 amide bonds. The van der Waals surface area contributed by atoms with Crippen LogP contribution in [0.4, 0.5) is 0 Å². The van der Waals surface area contributed by atoms with Crippen LogP contribution in [-0.2, 0) is 6.42 Å². The Morgan fingerprint density at radius 3 is 2.81 bits per heavy atom. The van der Waals surface area contributed by atoms with Crippen molar-refractivity contribution in [2.24, 2.45) is 0 Å². The molecule has 0 spiro atoms. The summed E-state index contributed by atoms with van der Waals surface area (Å²) in [5.74, 6) is -0.157. The monoisotopic (exact) mass is 351 g/mol. The first kappa shape index (κ1) is 15.3. The average molecular weight is 352 g/mol. The normalized spacial score (nSPS) is 10.2. The molecule has 1 N–H and O–H groups in total. The largest absolute Gasteiger partial charge is 0.493 e. The second-order valence-corrected chi connectivity index (χ2v) is 5.07. The third-order valence-electron chi connectivity index (χ3n) is 2.81. The summed E-state index contributed by atoms with van der Waals surface area (Å²) < 4.78 is 11.4. The van der Waals surface area contributed by atoms with Crippen LogP contribution < -0.4 is 9.47 Å². The van der Waals surface area contributed by atoms with Crippen LogP contribution in [0.25, 0.3) is 0 Å². The first-order valence-electron chi connectivity index (χ1n) is 6.25. The second kappa shape index (κ2) is 7.08. The quantitative estimate of drug-likeness (QED) is 0.865. The number of carboxylic acids is 1. The van der Waals surface area contributed by atoms with Gasteiger partial charge in [0.15, 0.2) is 11.5 Å². The maximum Gasteiger partial charge on any atom is 0.335 e. The van der Waals surface area contributed by atoms with E-state index in [4.69, 9.17) is 14.6 Å². The van der Waals surface area contributed by atoms with Crippen molar-refractivity contribution in [3.05, 3.63) is 52.3 Å². The molecule has 2 aromatic rings. The zero-order valence-corrected chi connectivity index (χ0v) is 13.0. The Morgan fingerprint density at radius 2 is 2.19 bits per heavy atom. The number of ether oxygens (including phenoxy) is 2. The molecule has 0 atom stereocenters. The van der Waals surface area contributed by atoms with Crippen molar-refractivity contribution in [3.8, 4) is 11.5 Å². The third-order valence-corrected chi connectivity index (χ3v) is 3.40. The molecule has 0 aliphatic carbocycles. The number of rotatable bonds is 6. The minimum Gasteiger partial charge on any atom is -0.493 e. The van der Waals surface area contributed by atoms with E-state index in [0.717, 1.165) is 5.69 Å². The molecule has 110 valence electrons. The van der Waals surface area contributed by atoms with Crippen molar-refractivity contribution in [1.29, 1.82) is 0 Å². The number of pyridine rings is 1. The number of hydrogen-bond donors (Lipinski definition) is 1. The number of halogens is 1. The van der Waals surface area contributed by atoms with Gasteiger partial charge in [0, 0.05) is 18.3 Å². The molecule has 0 radical (unpaired) electrons. The van der Waals surface area contributed by atoms with E-state index in [-0.39, 0.29) is 5.56 Å². The minimum absolute atomic E-state index is 0.135. The van der Waals surface area contributed by atoms with Gasteiger partial charge in [0.25, 0.3) is 0 Å². The first-order chi connectivity index (χ1) is 10.1. The summed E-state index contributed by atoms with van der Waals surface area (Å²) in [5.41, 5.74) is 1.06. The van der Waals surface area contributed by atoms with E-state index in [1.807, 2.05) is 18.2 Å². The Bertz CT molecular complexity index is 631. The van der Waals surface area contributed by atoms with Gasteiger partial charge in [-0.3, -0.25) is 4.98 Å². The molecule has 1 heterocycles. The lowest BCUT2D eigenvalue weighted by Crippen LogP contribution is -2.05. The van der Waals surface area contributed by atoms with E-state index in [0.29, 0.717) is 29.0 Å². The Kier molecular flexibility index (Phi) is 5.16. The highest BCUT2D eigenvalue weighted by Gasteiger charge is 2.15. The van der Waals surface area contributed by atoms with E-state index in [2.05, 4.69) is 20.9 Å². The Morgan fingerprint density at radius 1 is 1.38 bits per heavy atom. The highest BCUT2D eigenvalue weighted by Crippen LogP contribution is 2.36. The molecule has 5 nitrogen and oxygen atoms in total. The van der Waals surface area contributed by atoms with E-state index in [1.165, 1.54) is 19.2 Å². The maximum atomic E-state index is 11.0. The van der Waals surface area contributed by atoms with E-state index < -0.39 is 5.97 Å². The topological polar surface area (TPSA) is 68.7 Å². The number of aromatic carboxylic acids is 1. The zero-order chi connectivity index (χ0) is 15.2. The Hall–Kier alpha value is -2.08. The molecular formula is C15H14BrNO4. The maximum absolute atomic E-state index is 11.0. The van der Waals surface area contributed by atoms with Gasteiger partial charge in [0.05, 0.1) is 23.8 Å². The summed E-state index contributed by atoms with van der Waals surface area (Å²) in [4.78, 5) is 15.2. The molecule has 0 saturated carbocycles. The van der Waals surface area contributed by atoms with Crippen LogP contribution in [0.1, 0.15) is 16.1 Å². The van der Waals surface area contributed by atoms with Gasteiger partial charge in [0.2, 0.25) is 0 Å². The predicted octanol–water partition coefficient (Wildman–Crippen LogP) is 3.17. The SMILES string of the molecule is COc1cc(C(=O)O)cc(Br)c1OCCc1ccccn1. The number of methoxy groups -OCH3 is 1. The lowest BCUT2D eigenvalue weighted by Gasteiger charge is -2.13. The van der Waals surface area contributed by atoms with Gasteiger partial charge < -0.3 is 14.6 Å². The molecule has 1 aromatic heterocycles. The molecule has 0 unspecified atom stereocenters. The predicted molar refractivity (Wildman–Crippen MR) is 81.1 cm³/mol. The molecule has 0 aliphatic rings. The van der Waals surface area contributed by atoms with Crippen LogP contribution in [0, 0.1) is 0 Å². The van der Waals surface area contributed by atoms with Crippen molar-refractivity contribution in [3.63, 3.8) is 0 Å². The molecular weight excluding hydrogens is 338 g/mol. The number of benzene rings is 1. The van der Waals surface area contributed by atoms with Crippen molar-refractivity contribution < 1.29 is 19.4 Å². The van der Waals surface area contributed by atoms with Crippen LogP contribution in [0.2, 0.25) is 0 Å². The van der Waals surface area contributed by atoms with Crippen LogP contribution in [-0.4, -0.2) is 29.8 Å². The van der Waals surface area contributed by atoms with Crippen LogP contribution in [0.3, 0.4) is 0 Å². The smallest absolute Gasteiger partial charge is 0.335 e. The van der Waals surface area contributed by atoms with Gasteiger partial charge in [0.1, 0.15) is 0 Å². The number of carboxylic acid groups (broad SMARTS) is 1. The van der Waals surface area contributed by atoms with Crippen molar-refractivity contribution in [2.45, 2.75) is 6.42 Å². The number of aromatic nitrogens is 1. The lowest BCUT2D eigenvalue weighted by atomic mass is 10.2. The Labute approximate surface area is 130 Å². The molecule has 0 bridgehead atoms. The number of carbonyl (C=O) groups is 1. The fourth-order valence-electron chi connectivity index (χ4n) is 1.79. The first-order valence-corrected chi connectivity index (χ1v) is 7.04. The second-order valence-electron chi connectivity index (χ2n) is 4.21. The van der Waals surface area contributed by atoms with Gasteiger partial charge in [-0.2, -0.15) is 0 Å². The molecule has 0 saturated heterocycles. The van der Waals surface area contributed by atoms with E-state index in [9.17, 15) is 4.79 Å².